The van der Waals surface area contributed by atoms with Crippen molar-refractivity contribution in [1.82, 2.24) is 5.32 Å². The van der Waals surface area contributed by atoms with Crippen LogP contribution in [-0.4, -0.2) is 43.2 Å². The second-order valence-electron chi connectivity index (χ2n) is 3.11. The molecule has 0 saturated heterocycles. The number of nitrogens with one attached hydrogen (secondary N) is 1. The zero-order valence-electron chi connectivity index (χ0n) is 8.74. The summed E-state index contributed by atoms with van der Waals surface area (Å²) in [5.41, 5.74) is 0. The standard InChI is InChI=1S/C8H17NO3SSi/c1-6(10)9-7(4-5-13-2)8(11)14(3)12/h7,12,14H,4-5H2,1-3H3,(H,9,10)/t7-,14?/m0/s1. The molecule has 2 N–H and O–H groups in total. The lowest BCUT2D eigenvalue weighted by Gasteiger charge is -2.16. The maximum absolute atomic E-state index is 11.5. The summed E-state index contributed by atoms with van der Waals surface area (Å²) in [5, 5.41) is 2.38. The fourth-order valence-corrected chi connectivity index (χ4v) is 2.36. The van der Waals surface area contributed by atoms with Crippen molar-refractivity contribution < 1.29 is 14.4 Å². The molecule has 0 radical (unpaired) electrons. The van der Waals surface area contributed by atoms with Gasteiger partial charge in [0.25, 0.3) is 0 Å². The Bertz CT molecular complexity index is 211. The Hall–Kier alpha value is -0.333. The second-order valence-corrected chi connectivity index (χ2v) is 6.02. The highest BCUT2D eigenvalue weighted by atomic mass is 32.2. The normalized spacial score (nSPS) is 14.6. The van der Waals surface area contributed by atoms with Gasteiger partial charge in [-0.25, -0.2) is 0 Å². The molecule has 1 unspecified atom stereocenters. The van der Waals surface area contributed by atoms with Crippen molar-refractivity contribution in [2.45, 2.75) is 25.9 Å². The number of hydrogen-bond acceptors (Lipinski definition) is 4. The predicted molar refractivity (Wildman–Crippen MR) is 60.8 cm³/mol. The van der Waals surface area contributed by atoms with Crippen LogP contribution in [0.4, 0.5) is 0 Å². The van der Waals surface area contributed by atoms with Crippen LogP contribution in [-0.2, 0) is 9.59 Å². The smallest absolute Gasteiger partial charge is 0.245 e. The lowest BCUT2D eigenvalue weighted by molar-refractivity contribution is -0.123. The fraction of sp³-hybridized carbons (Fsp3) is 0.750. The maximum Gasteiger partial charge on any atom is 0.245 e. The van der Waals surface area contributed by atoms with E-state index in [9.17, 15) is 14.4 Å². The molecule has 0 aromatic carbocycles. The van der Waals surface area contributed by atoms with E-state index in [0.29, 0.717) is 6.42 Å². The molecule has 4 nitrogen and oxygen atoms in total. The van der Waals surface area contributed by atoms with E-state index in [-0.39, 0.29) is 11.3 Å². The van der Waals surface area contributed by atoms with Gasteiger partial charge in [0.2, 0.25) is 14.9 Å². The van der Waals surface area contributed by atoms with Crippen LogP contribution >= 0.6 is 11.8 Å². The molecule has 0 aromatic rings. The van der Waals surface area contributed by atoms with Crippen molar-refractivity contribution in [3.8, 4) is 0 Å². The molecule has 0 spiro atoms. The van der Waals surface area contributed by atoms with Crippen LogP contribution in [0.25, 0.3) is 0 Å². The Balaban J connectivity index is 4.22. The molecule has 6 heteroatoms. The van der Waals surface area contributed by atoms with Gasteiger partial charge in [0.05, 0.1) is 6.04 Å². The number of rotatable bonds is 6. The summed E-state index contributed by atoms with van der Waals surface area (Å²) in [6.07, 6.45) is 2.53. The second kappa shape index (κ2) is 7.02. The van der Waals surface area contributed by atoms with Crippen LogP contribution in [0.5, 0.6) is 0 Å². The summed E-state index contributed by atoms with van der Waals surface area (Å²) in [6, 6.07) is -0.494. The number of carbonyl (C=O) groups excluding carboxylic acids is 2. The van der Waals surface area contributed by atoms with Gasteiger partial charge < -0.3 is 14.9 Å². The molecule has 0 saturated carbocycles. The quantitative estimate of drug-likeness (QED) is 0.620. The summed E-state index contributed by atoms with van der Waals surface area (Å²) in [6.45, 7) is 2.93. The molecular weight excluding hydrogens is 218 g/mol. The van der Waals surface area contributed by atoms with Gasteiger partial charge in [0.1, 0.15) is 0 Å². The van der Waals surface area contributed by atoms with Crippen LogP contribution in [0.1, 0.15) is 13.3 Å². The molecule has 0 aliphatic rings. The van der Waals surface area contributed by atoms with Crippen LogP contribution in [0, 0.1) is 0 Å². The first-order valence-corrected chi connectivity index (χ1v) is 8.11. The number of amides is 1. The molecule has 0 aliphatic heterocycles. The monoisotopic (exact) mass is 235 g/mol. The van der Waals surface area contributed by atoms with E-state index in [2.05, 4.69) is 5.32 Å². The summed E-state index contributed by atoms with van der Waals surface area (Å²) < 4.78 is 0. The Kier molecular flexibility index (Phi) is 6.86. The molecule has 14 heavy (non-hydrogen) atoms. The Morgan fingerprint density at radius 2 is 2.14 bits per heavy atom. The minimum Gasteiger partial charge on any atom is -0.427 e. The van der Waals surface area contributed by atoms with Gasteiger partial charge in [-0.2, -0.15) is 11.8 Å². The summed E-state index contributed by atoms with van der Waals surface area (Å²) in [5.74, 6) is 0.580. The third-order valence-electron chi connectivity index (χ3n) is 1.74. The first kappa shape index (κ1) is 13.7. The third kappa shape index (κ3) is 5.41. The average molecular weight is 235 g/mol. The molecule has 0 bridgehead atoms. The molecule has 82 valence electrons. The van der Waals surface area contributed by atoms with Crippen LogP contribution in [0.2, 0.25) is 6.55 Å². The Labute approximate surface area is 90.2 Å². The van der Waals surface area contributed by atoms with Crippen LogP contribution in [0.15, 0.2) is 0 Å². The lowest BCUT2D eigenvalue weighted by Crippen LogP contribution is -2.45. The average Bonchev–Trinajstić information content (AvgIpc) is 2.10. The highest BCUT2D eigenvalue weighted by molar-refractivity contribution is 7.98. The first-order valence-electron chi connectivity index (χ1n) is 4.46. The minimum atomic E-state index is -2.29. The lowest BCUT2D eigenvalue weighted by atomic mass is 10.2. The largest absolute Gasteiger partial charge is 0.427 e. The fourth-order valence-electron chi connectivity index (χ4n) is 1.06. The van der Waals surface area contributed by atoms with Gasteiger partial charge in [-0.3, -0.25) is 4.79 Å². The zero-order chi connectivity index (χ0) is 11.1. The molecule has 0 rings (SSSR count). The number of carbonyl (C=O) groups is 2. The van der Waals surface area contributed by atoms with E-state index < -0.39 is 15.1 Å². The summed E-state index contributed by atoms with van der Waals surface area (Å²) in [7, 11) is -2.29. The number of hydrogen-bond donors (Lipinski definition) is 2. The Morgan fingerprint density at radius 3 is 2.50 bits per heavy atom. The van der Waals surface area contributed by atoms with E-state index in [1.807, 2.05) is 6.26 Å². The highest BCUT2D eigenvalue weighted by Crippen LogP contribution is 2.03. The molecule has 1 amide bonds. The number of thioether (sulfide) groups is 1. The molecule has 0 aliphatic carbocycles. The van der Waals surface area contributed by atoms with Crippen molar-refractivity contribution >= 4 is 32.1 Å². The minimum absolute atomic E-state index is 0.186. The maximum atomic E-state index is 11.5. The first-order chi connectivity index (χ1) is 6.49. The van der Waals surface area contributed by atoms with Crippen molar-refractivity contribution in [2.24, 2.45) is 0 Å². The van der Waals surface area contributed by atoms with Crippen LogP contribution < -0.4 is 5.32 Å². The van der Waals surface area contributed by atoms with Crippen molar-refractivity contribution in [1.29, 1.82) is 0 Å². The van der Waals surface area contributed by atoms with E-state index >= 15 is 0 Å². The highest BCUT2D eigenvalue weighted by Gasteiger charge is 2.23. The molecule has 0 aromatic heterocycles. The van der Waals surface area contributed by atoms with Gasteiger partial charge in [-0.05, 0) is 25.0 Å². The van der Waals surface area contributed by atoms with Crippen molar-refractivity contribution in [2.75, 3.05) is 12.0 Å². The molecule has 0 heterocycles. The molecule has 0 fully saturated rings. The molecule has 2 atom stereocenters. The topological polar surface area (TPSA) is 66.4 Å². The van der Waals surface area contributed by atoms with Crippen molar-refractivity contribution in [3.63, 3.8) is 0 Å². The zero-order valence-corrected chi connectivity index (χ0v) is 10.7. The van der Waals surface area contributed by atoms with E-state index in [1.165, 1.54) is 6.92 Å². The summed E-state index contributed by atoms with van der Waals surface area (Å²) >= 11 is 1.62. The van der Waals surface area contributed by atoms with Crippen molar-refractivity contribution in [3.05, 3.63) is 0 Å². The van der Waals surface area contributed by atoms with Gasteiger partial charge >= 0.3 is 0 Å². The summed E-state index contributed by atoms with van der Waals surface area (Å²) in [4.78, 5) is 31.5. The van der Waals surface area contributed by atoms with Gasteiger partial charge in [-0.1, -0.05) is 0 Å². The van der Waals surface area contributed by atoms with Gasteiger partial charge in [0.15, 0.2) is 5.41 Å². The van der Waals surface area contributed by atoms with E-state index in [1.54, 1.807) is 18.3 Å². The van der Waals surface area contributed by atoms with Gasteiger partial charge in [0, 0.05) is 6.92 Å². The van der Waals surface area contributed by atoms with Gasteiger partial charge in [-0.15, -0.1) is 0 Å². The predicted octanol–water partition coefficient (Wildman–Crippen LogP) is -0.302. The molecular formula is C8H17NO3SSi. The third-order valence-corrected chi connectivity index (χ3v) is 3.61. The van der Waals surface area contributed by atoms with Crippen LogP contribution in [0.3, 0.4) is 0 Å². The van der Waals surface area contributed by atoms with E-state index in [4.69, 9.17) is 0 Å². The van der Waals surface area contributed by atoms with E-state index in [0.717, 1.165) is 5.75 Å². The Morgan fingerprint density at radius 1 is 1.57 bits per heavy atom. The SMILES string of the molecule is CSCC[C@H](NC(C)=O)C(=O)[SiH](C)O.